The van der Waals surface area contributed by atoms with Crippen molar-refractivity contribution in [1.82, 2.24) is 14.7 Å². The van der Waals surface area contributed by atoms with Crippen molar-refractivity contribution in [1.29, 1.82) is 5.26 Å². The fraction of sp³-hybridized carbons (Fsp3) is 0.429. The number of rotatable bonds is 6. The summed E-state index contributed by atoms with van der Waals surface area (Å²) >= 11 is 0. The zero-order valence-corrected chi connectivity index (χ0v) is 17.2. The van der Waals surface area contributed by atoms with Gasteiger partial charge in [-0.1, -0.05) is 0 Å². The van der Waals surface area contributed by atoms with Gasteiger partial charge in [-0.25, -0.2) is 9.18 Å². The molecule has 168 valence electrons. The predicted octanol–water partition coefficient (Wildman–Crippen LogP) is 2.18. The molecule has 10 nitrogen and oxygen atoms in total. The predicted molar refractivity (Wildman–Crippen MR) is 112 cm³/mol. The number of nitrogens with one attached hydrogen (secondary N) is 1. The van der Waals surface area contributed by atoms with Crippen LogP contribution in [-0.2, 0) is 0 Å². The van der Waals surface area contributed by atoms with Crippen molar-refractivity contribution in [2.45, 2.75) is 43.3 Å². The molecule has 2 fully saturated rings. The summed E-state index contributed by atoms with van der Waals surface area (Å²) in [5.41, 5.74) is 11.9. The second kappa shape index (κ2) is 8.12. The molecule has 32 heavy (non-hydrogen) atoms. The Bertz CT molecular complexity index is 1070. The molecule has 1 aliphatic carbocycles. The molecule has 3 atom stereocenters. The third-order valence-corrected chi connectivity index (χ3v) is 6.24. The van der Waals surface area contributed by atoms with Gasteiger partial charge in [-0.05, 0) is 49.9 Å². The van der Waals surface area contributed by atoms with E-state index in [1.807, 2.05) is 0 Å². The Morgan fingerprint density at radius 3 is 2.59 bits per heavy atom. The van der Waals surface area contributed by atoms with E-state index in [2.05, 4.69) is 16.5 Å². The number of halogens is 1. The van der Waals surface area contributed by atoms with Gasteiger partial charge in [0, 0.05) is 24.0 Å². The number of nitrogens with zero attached hydrogens (tertiary/aromatic N) is 4. The molecule has 1 saturated heterocycles. The van der Waals surface area contributed by atoms with Gasteiger partial charge in [0.15, 0.2) is 5.82 Å². The van der Waals surface area contributed by atoms with E-state index in [0.717, 1.165) is 12.8 Å². The number of benzene rings is 1. The molecule has 0 bridgehead atoms. The molecule has 1 unspecified atom stereocenters. The number of carbonyl (C=O) groups is 2. The first-order valence-electron chi connectivity index (χ1n) is 10.3. The van der Waals surface area contributed by atoms with Crippen LogP contribution in [0.25, 0.3) is 0 Å². The van der Waals surface area contributed by atoms with Crippen molar-refractivity contribution in [2.75, 3.05) is 11.9 Å². The summed E-state index contributed by atoms with van der Waals surface area (Å²) in [6.45, 7) is 0.214. The molecule has 2 heterocycles. The van der Waals surface area contributed by atoms with Crippen LogP contribution in [0.3, 0.4) is 0 Å². The van der Waals surface area contributed by atoms with E-state index in [1.54, 1.807) is 0 Å². The van der Waals surface area contributed by atoms with Crippen LogP contribution in [0, 0.1) is 23.1 Å². The van der Waals surface area contributed by atoms with E-state index in [-0.39, 0.29) is 17.9 Å². The SMILES string of the molecule is N#C[C@H]1C(CC2(N)CC2)N(C(=O)O)CC[C@@H]1n1cc(C(N)=O)c(Nc2ccc(F)cc2)n1. The Labute approximate surface area is 183 Å². The smallest absolute Gasteiger partial charge is 0.407 e. The lowest BCUT2D eigenvalue weighted by molar-refractivity contribution is 0.0590. The van der Waals surface area contributed by atoms with Gasteiger partial charge < -0.3 is 26.8 Å². The lowest BCUT2D eigenvalue weighted by Crippen LogP contribution is -2.53. The third kappa shape index (κ3) is 4.22. The molecular formula is C21H24FN7O3. The van der Waals surface area contributed by atoms with Gasteiger partial charge >= 0.3 is 6.09 Å². The van der Waals surface area contributed by atoms with Crippen molar-refractivity contribution < 1.29 is 19.1 Å². The minimum Gasteiger partial charge on any atom is -0.465 e. The van der Waals surface area contributed by atoms with E-state index in [4.69, 9.17) is 11.5 Å². The number of likely N-dealkylation sites (tertiary alicyclic amines) is 1. The van der Waals surface area contributed by atoms with Crippen LogP contribution in [0.15, 0.2) is 30.5 Å². The molecule has 2 aromatic rings. The Morgan fingerprint density at radius 1 is 1.34 bits per heavy atom. The van der Waals surface area contributed by atoms with E-state index < -0.39 is 41.4 Å². The van der Waals surface area contributed by atoms with Crippen molar-refractivity contribution in [3.63, 3.8) is 0 Å². The number of amides is 2. The molecule has 4 rings (SSSR count). The normalized spacial score (nSPS) is 23.9. The maximum absolute atomic E-state index is 13.2. The average molecular weight is 441 g/mol. The van der Waals surface area contributed by atoms with Crippen LogP contribution in [0.5, 0.6) is 0 Å². The summed E-state index contributed by atoms with van der Waals surface area (Å²) in [6.07, 6.45) is 2.69. The van der Waals surface area contributed by atoms with Crippen LogP contribution in [0.1, 0.15) is 42.1 Å². The first-order valence-corrected chi connectivity index (χ1v) is 10.3. The number of carboxylic acid groups (broad SMARTS) is 1. The first-order chi connectivity index (χ1) is 15.2. The highest BCUT2D eigenvalue weighted by atomic mass is 19.1. The molecular weight excluding hydrogens is 417 g/mol. The van der Waals surface area contributed by atoms with Crippen molar-refractivity contribution in [3.8, 4) is 6.07 Å². The van der Waals surface area contributed by atoms with E-state index in [1.165, 1.54) is 40.0 Å². The number of nitriles is 1. The van der Waals surface area contributed by atoms with Gasteiger partial charge in [0.05, 0.1) is 24.1 Å². The molecule has 6 N–H and O–H groups in total. The van der Waals surface area contributed by atoms with E-state index in [9.17, 15) is 24.3 Å². The summed E-state index contributed by atoms with van der Waals surface area (Å²) in [4.78, 5) is 25.1. The zero-order chi connectivity index (χ0) is 23.0. The lowest BCUT2D eigenvalue weighted by atomic mass is 9.82. The van der Waals surface area contributed by atoms with Gasteiger partial charge in [-0.3, -0.25) is 9.48 Å². The molecule has 11 heteroatoms. The molecule has 1 saturated carbocycles. The number of carbonyl (C=O) groups excluding carboxylic acids is 1. The zero-order valence-electron chi connectivity index (χ0n) is 17.2. The summed E-state index contributed by atoms with van der Waals surface area (Å²) in [7, 11) is 0. The van der Waals surface area contributed by atoms with Gasteiger partial charge in [0.2, 0.25) is 0 Å². The average Bonchev–Trinajstić information content (AvgIpc) is 3.32. The standard InChI is InChI=1S/C21H24FN7O3/c22-12-1-3-13(4-2-12)26-19-15(18(24)30)11-29(27-19)16-5-8-28(20(31)32)17(14(16)10-23)9-21(25)6-7-21/h1-4,11,14,16-17H,5-9,25H2,(H2,24,30)(H,26,27)(H,31,32)/t14-,16+,17?/m1/s1. The molecule has 2 amide bonds. The maximum Gasteiger partial charge on any atom is 0.407 e. The van der Waals surface area contributed by atoms with Crippen LogP contribution in [-0.4, -0.2) is 49.9 Å². The van der Waals surface area contributed by atoms with Gasteiger partial charge in [-0.2, -0.15) is 10.4 Å². The van der Waals surface area contributed by atoms with Crippen LogP contribution in [0.2, 0.25) is 0 Å². The highest BCUT2D eigenvalue weighted by Crippen LogP contribution is 2.43. The van der Waals surface area contributed by atoms with E-state index in [0.29, 0.717) is 18.5 Å². The number of anilines is 2. The van der Waals surface area contributed by atoms with Crippen molar-refractivity contribution in [3.05, 3.63) is 41.8 Å². The highest BCUT2D eigenvalue weighted by Gasteiger charge is 2.49. The quantitative estimate of drug-likeness (QED) is 0.533. The van der Waals surface area contributed by atoms with E-state index >= 15 is 0 Å². The topological polar surface area (TPSA) is 163 Å². The summed E-state index contributed by atoms with van der Waals surface area (Å²) in [6, 6.07) is 6.72. The fourth-order valence-corrected chi connectivity index (χ4v) is 4.30. The Balaban J connectivity index is 1.65. The second-order valence-corrected chi connectivity index (χ2v) is 8.49. The number of aromatic nitrogens is 2. The lowest BCUT2D eigenvalue weighted by Gasteiger charge is -2.42. The fourth-order valence-electron chi connectivity index (χ4n) is 4.30. The van der Waals surface area contributed by atoms with Crippen LogP contribution in [0.4, 0.5) is 20.7 Å². The molecule has 1 aromatic heterocycles. The summed E-state index contributed by atoms with van der Waals surface area (Å²) in [5, 5.41) is 27.0. The van der Waals surface area contributed by atoms with Crippen molar-refractivity contribution >= 4 is 23.5 Å². The number of hydrogen-bond donors (Lipinski definition) is 4. The third-order valence-electron chi connectivity index (χ3n) is 6.24. The Kier molecular flexibility index (Phi) is 5.48. The second-order valence-electron chi connectivity index (χ2n) is 8.49. The van der Waals surface area contributed by atoms with Crippen molar-refractivity contribution in [2.24, 2.45) is 17.4 Å². The molecule has 0 radical (unpaired) electrons. The minimum atomic E-state index is -1.09. The van der Waals surface area contributed by atoms with Gasteiger partial charge in [-0.15, -0.1) is 0 Å². The van der Waals surface area contributed by atoms with Crippen LogP contribution < -0.4 is 16.8 Å². The molecule has 1 aliphatic heterocycles. The number of nitrogens with two attached hydrogens (primary N) is 2. The molecule has 2 aliphatic rings. The number of hydrogen-bond acceptors (Lipinski definition) is 6. The summed E-state index contributed by atoms with van der Waals surface area (Å²) < 4.78 is 14.7. The Hall–Kier alpha value is -3.65. The first kappa shape index (κ1) is 21.6. The largest absolute Gasteiger partial charge is 0.465 e. The van der Waals surface area contributed by atoms with Gasteiger partial charge in [0.1, 0.15) is 11.4 Å². The number of piperidine rings is 1. The summed E-state index contributed by atoms with van der Waals surface area (Å²) in [5.74, 6) is -1.65. The Morgan fingerprint density at radius 2 is 2.03 bits per heavy atom. The van der Waals surface area contributed by atoms with Gasteiger partial charge in [0.25, 0.3) is 5.91 Å². The number of primary amides is 1. The highest BCUT2D eigenvalue weighted by molar-refractivity contribution is 5.98. The molecule has 0 spiro atoms. The molecule has 1 aromatic carbocycles. The monoisotopic (exact) mass is 441 g/mol. The van der Waals surface area contributed by atoms with Crippen LogP contribution >= 0.6 is 0 Å². The minimum absolute atomic E-state index is 0.112. The maximum atomic E-state index is 13.2.